The van der Waals surface area contributed by atoms with Crippen molar-refractivity contribution in [3.8, 4) is 0 Å². The van der Waals surface area contributed by atoms with Crippen molar-refractivity contribution in [3.05, 3.63) is 24.0 Å². The van der Waals surface area contributed by atoms with E-state index in [2.05, 4.69) is 4.98 Å². The molecular weight excluding hydrogens is 131 g/mol. The van der Waals surface area contributed by atoms with Gasteiger partial charge in [-0.1, -0.05) is 0 Å². The molecule has 1 aromatic rings. The Kier molecular flexibility index (Phi) is 1.23. The number of rotatable bonds is 0. The first-order chi connectivity index (χ1) is 4.11. The molecule has 1 N–H and O–H groups in total. The lowest BCUT2D eigenvalue weighted by atomic mass is 10.3. The average Bonchev–Trinajstić information content (AvgIpc) is 2.08. The minimum absolute atomic E-state index is 0. The van der Waals surface area contributed by atoms with Crippen LogP contribution < -0.4 is 0 Å². The highest BCUT2D eigenvalue weighted by Gasteiger charge is 2.30. The monoisotopic (exact) mass is 136 g/mol. The Morgan fingerprint density at radius 3 is 2.33 bits per heavy atom. The van der Waals surface area contributed by atoms with Crippen LogP contribution in [0.3, 0.4) is 0 Å². The number of hydrogen-bond acceptors (Lipinski definition) is 0. The molecule has 0 atom stereocenters. The molecule has 0 aliphatic heterocycles. The molecule has 0 aliphatic carbocycles. The van der Waals surface area contributed by atoms with E-state index in [1.54, 1.807) is 0 Å². The van der Waals surface area contributed by atoms with E-state index in [-0.39, 0.29) is 1.43 Å². The Morgan fingerprint density at radius 1 is 1.44 bits per heavy atom. The van der Waals surface area contributed by atoms with Crippen LogP contribution in [-0.2, 0) is 6.18 Å². The van der Waals surface area contributed by atoms with Crippen molar-refractivity contribution in [1.82, 2.24) is 4.98 Å². The lowest BCUT2D eigenvalue weighted by Crippen LogP contribution is -2.01. The summed E-state index contributed by atoms with van der Waals surface area (Å²) in [5, 5.41) is 0. The summed E-state index contributed by atoms with van der Waals surface area (Å²) >= 11 is 0. The van der Waals surface area contributed by atoms with Crippen LogP contribution in [0.2, 0.25) is 0 Å². The summed E-state index contributed by atoms with van der Waals surface area (Å²) in [6.45, 7) is 0. The molecule has 0 saturated heterocycles. The first-order valence-corrected chi connectivity index (χ1v) is 2.30. The summed E-state index contributed by atoms with van der Waals surface area (Å²) in [6, 6.07) is 0.986. The van der Waals surface area contributed by atoms with E-state index in [0.717, 1.165) is 12.3 Å². The summed E-state index contributed by atoms with van der Waals surface area (Å²) in [6.07, 6.45) is -2.05. The molecule has 1 rings (SSSR count). The van der Waals surface area contributed by atoms with Crippen LogP contribution in [0.25, 0.3) is 0 Å². The maximum atomic E-state index is 11.6. The average molecular weight is 136 g/mol. The van der Waals surface area contributed by atoms with Gasteiger partial charge in [-0.2, -0.15) is 13.2 Å². The van der Waals surface area contributed by atoms with Gasteiger partial charge in [0, 0.05) is 12.4 Å². The van der Waals surface area contributed by atoms with Crippen LogP contribution in [0.15, 0.2) is 18.5 Å². The molecule has 0 bridgehead atoms. The molecule has 4 heteroatoms. The zero-order valence-electron chi connectivity index (χ0n) is 5.37. The molecule has 0 aromatic carbocycles. The summed E-state index contributed by atoms with van der Waals surface area (Å²) in [4.78, 5) is 2.32. The lowest BCUT2D eigenvalue weighted by Gasteiger charge is -1.99. The number of nitrogens with one attached hydrogen (secondary N) is 1. The first kappa shape index (κ1) is 6.19. The predicted molar refractivity (Wildman–Crippen MR) is 26.9 cm³/mol. The number of aromatic amines is 1. The van der Waals surface area contributed by atoms with Gasteiger partial charge in [-0.05, 0) is 6.07 Å². The molecule has 0 fully saturated rings. The van der Waals surface area contributed by atoms with Gasteiger partial charge in [0.1, 0.15) is 0 Å². The Labute approximate surface area is 51.0 Å². The smallest absolute Gasteiger partial charge is 0.367 e. The molecule has 0 unspecified atom stereocenters. The second kappa shape index (κ2) is 1.79. The van der Waals surface area contributed by atoms with Crippen LogP contribution in [0.4, 0.5) is 13.2 Å². The van der Waals surface area contributed by atoms with E-state index >= 15 is 0 Å². The largest absolute Gasteiger partial charge is 1.00 e. The summed E-state index contributed by atoms with van der Waals surface area (Å²) in [5.41, 5.74) is -0.637. The third kappa shape index (κ3) is 1.25. The van der Waals surface area contributed by atoms with Crippen LogP contribution >= 0.6 is 0 Å². The molecule has 0 saturated carbocycles. The number of halogens is 3. The van der Waals surface area contributed by atoms with Crippen molar-refractivity contribution in [1.29, 1.82) is 0 Å². The maximum Gasteiger partial charge on any atom is 1.00 e. The second-order valence-corrected chi connectivity index (χ2v) is 1.60. The van der Waals surface area contributed by atoms with Crippen molar-refractivity contribution in [2.75, 3.05) is 0 Å². The SMILES string of the molecule is FC(F)(F)c1cc[nH]c1.[H+]. The first-order valence-electron chi connectivity index (χ1n) is 2.30. The fourth-order valence-corrected chi connectivity index (χ4v) is 0.500. The van der Waals surface area contributed by atoms with E-state index in [4.69, 9.17) is 0 Å². The number of aromatic nitrogens is 1. The standard InChI is InChI=1S/C5H4F3N/c6-5(7,8)4-1-2-9-3-4/h1-3,9H/p+1. The van der Waals surface area contributed by atoms with Gasteiger partial charge in [-0.25, -0.2) is 0 Å². The van der Waals surface area contributed by atoms with Crippen LogP contribution in [-0.4, -0.2) is 4.98 Å². The predicted octanol–water partition coefficient (Wildman–Crippen LogP) is 2.15. The fourth-order valence-electron chi connectivity index (χ4n) is 0.500. The van der Waals surface area contributed by atoms with Gasteiger partial charge in [0.05, 0.1) is 5.56 Å². The highest BCUT2D eigenvalue weighted by atomic mass is 19.4. The third-order valence-electron chi connectivity index (χ3n) is 0.925. The van der Waals surface area contributed by atoms with Gasteiger partial charge >= 0.3 is 7.60 Å². The third-order valence-corrected chi connectivity index (χ3v) is 0.925. The zero-order valence-corrected chi connectivity index (χ0v) is 4.37. The van der Waals surface area contributed by atoms with Crippen LogP contribution in [0.5, 0.6) is 0 Å². The van der Waals surface area contributed by atoms with Gasteiger partial charge in [-0.15, -0.1) is 0 Å². The van der Waals surface area contributed by atoms with Crippen molar-refractivity contribution in [3.63, 3.8) is 0 Å². The van der Waals surface area contributed by atoms with E-state index in [1.807, 2.05) is 0 Å². The quantitative estimate of drug-likeness (QED) is 0.562. The molecule has 0 amide bonds. The van der Waals surface area contributed by atoms with E-state index < -0.39 is 11.7 Å². The summed E-state index contributed by atoms with van der Waals surface area (Å²) < 4.78 is 34.8. The highest BCUT2D eigenvalue weighted by molar-refractivity contribution is 5.11. The van der Waals surface area contributed by atoms with Gasteiger partial charge in [0.15, 0.2) is 0 Å². The minimum atomic E-state index is -4.21. The Balaban J connectivity index is 0.000000810. The molecule has 1 aromatic heterocycles. The highest BCUT2D eigenvalue weighted by Crippen LogP contribution is 2.28. The lowest BCUT2D eigenvalue weighted by molar-refractivity contribution is -0.137. The van der Waals surface area contributed by atoms with Gasteiger partial charge < -0.3 is 4.98 Å². The van der Waals surface area contributed by atoms with Crippen LogP contribution in [0, 0.1) is 0 Å². The summed E-state index contributed by atoms with van der Waals surface area (Å²) in [7, 11) is 0. The molecule has 50 valence electrons. The number of H-pyrrole nitrogens is 1. The number of hydrogen-bond donors (Lipinski definition) is 1. The maximum absolute atomic E-state index is 11.6. The Hall–Kier alpha value is -0.930. The summed E-state index contributed by atoms with van der Waals surface area (Å²) in [5.74, 6) is 0. The van der Waals surface area contributed by atoms with Crippen molar-refractivity contribution >= 4 is 0 Å². The van der Waals surface area contributed by atoms with Gasteiger partial charge in [0.2, 0.25) is 0 Å². The zero-order chi connectivity index (χ0) is 6.91. The molecule has 1 nitrogen and oxygen atoms in total. The van der Waals surface area contributed by atoms with Crippen molar-refractivity contribution in [2.24, 2.45) is 0 Å². The molecule has 9 heavy (non-hydrogen) atoms. The fraction of sp³-hybridized carbons (Fsp3) is 0.200. The molecule has 1 heterocycles. The molecule has 0 radical (unpaired) electrons. The van der Waals surface area contributed by atoms with Crippen molar-refractivity contribution in [2.45, 2.75) is 6.18 Å². The second-order valence-electron chi connectivity index (χ2n) is 1.60. The molecule has 0 aliphatic rings. The van der Waals surface area contributed by atoms with Crippen molar-refractivity contribution < 1.29 is 14.6 Å². The number of alkyl halides is 3. The van der Waals surface area contributed by atoms with Gasteiger partial charge in [-0.3, -0.25) is 0 Å². The normalized spacial score (nSPS) is 11.9. The minimum Gasteiger partial charge on any atom is -0.367 e. The topological polar surface area (TPSA) is 15.8 Å². The van der Waals surface area contributed by atoms with E-state index in [0.29, 0.717) is 0 Å². The van der Waals surface area contributed by atoms with E-state index in [1.165, 1.54) is 6.20 Å². The Bertz CT molecular complexity index is 179. The molecule has 0 spiro atoms. The van der Waals surface area contributed by atoms with Gasteiger partial charge in [0.25, 0.3) is 0 Å². The molecular formula is C5H5F3N+. The van der Waals surface area contributed by atoms with Crippen LogP contribution in [0.1, 0.15) is 6.99 Å². The Morgan fingerprint density at radius 2 is 2.11 bits per heavy atom. The van der Waals surface area contributed by atoms with E-state index in [9.17, 15) is 13.2 Å².